The highest BCUT2D eigenvalue weighted by Crippen LogP contribution is 2.23. The van der Waals surface area contributed by atoms with E-state index >= 15 is 0 Å². The first-order chi connectivity index (χ1) is 11.9. The van der Waals surface area contributed by atoms with E-state index in [2.05, 4.69) is 5.32 Å². The third-order valence-corrected chi connectivity index (χ3v) is 3.71. The van der Waals surface area contributed by atoms with Gasteiger partial charge in [0.2, 0.25) is 0 Å². The quantitative estimate of drug-likeness (QED) is 0.763. The molecule has 1 amide bonds. The van der Waals surface area contributed by atoms with Gasteiger partial charge in [-0.05, 0) is 31.2 Å². The minimum atomic E-state index is -1.11. The van der Waals surface area contributed by atoms with Crippen LogP contribution in [0.1, 0.15) is 15.9 Å². The standard InChI is InChI=1S/C19H15NO5/c1-11-2-7-16-14(8-11)15(21)9-17(25-16)12-3-5-13(6-4-12)19(24)20-10-18(22)23/h2-9H,10H2,1H3,(H,20,24)(H,22,23). The first kappa shape index (κ1) is 16.4. The summed E-state index contributed by atoms with van der Waals surface area (Å²) in [5.41, 5.74) is 2.31. The van der Waals surface area contributed by atoms with E-state index in [9.17, 15) is 14.4 Å². The van der Waals surface area contributed by atoms with Gasteiger partial charge in [0, 0.05) is 17.2 Å². The Morgan fingerprint density at radius 3 is 2.48 bits per heavy atom. The smallest absolute Gasteiger partial charge is 0.322 e. The number of carbonyl (C=O) groups excluding carboxylic acids is 1. The van der Waals surface area contributed by atoms with Crippen molar-refractivity contribution in [1.29, 1.82) is 0 Å². The monoisotopic (exact) mass is 337 g/mol. The number of fused-ring (bicyclic) bond motifs is 1. The van der Waals surface area contributed by atoms with Crippen LogP contribution in [-0.2, 0) is 4.79 Å². The highest BCUT2D eigenvalue weighted by atomic mass is 16.4. The summed E-state index contributed by atoms with van der Waals surface area (Å²) >= 11 is 0. The molecule has 2 aromatic carbocycles. The molecule has 1 heterocycles. The summed E-state index contributed by atoms with van der Waals surface area (Å²) in [6.07, 6.45) is 0. The summed E-state index contributed by atoms with van der Waals surface area (Å²) in [5.74, 6) is -1.19. The van der Waals surface area contributed by atoms with Gasteiger partial charge in [-0.25, -0.2) is 0 Å². The van der Waals surface area contributed by atoms with Gasteiger partial charge in [0.15, 0.2) is 5.43 Å². The van der Waals surface area contributed by atoms with Crippen molar-refractivity contribution in [2.24, 2.45) is 0 Å². The molecular weight excluding hydrogens is 322 g/mol. The van der Waals surface area contributed by atoms with Crippen LogP contribution in [0.4, 0.5) is 0 Å². The molecule has 0 aliphatic rings. The molecule has 0 saturated carbocycles. The van der Waals surface area contributed by atoms with Gasteiger partial charge in [0.1, 0.15) is 17.9 Å². The Morgan fingerprint density at radius 2 is 1.80 bits per heavy atom. The average molecular weight is 337 g/mol. The number of aryl methyl sites for hydroxylation is 1. The van der Waals surface area contributed by atoms with Crippen LogP contribution in [0.5, 0.6) is 0 Å². The minimum Gasteiger partial charge on any atom is -0.480 e. The van der Waals surface area contributed by atoms with Crippen molar-refractivity contribution in [2.75, 3.05) is 6.54 Å². The Hall–Kier alpha value is -3.41. The van der Waals surface area contributed by atoms with Crippen molar-refractivity contribution in [1.82, 2.24) is 5.32 Å². The topological polar surface area (TPSA) is 96.6 Å². The molecule has 6 nitrogen and oxygen atoms in total. The molecule has 0 aliphatic heterocycles. The number of rotatable bonds is 4. The molecule has 0 saturated heterocycles. The minimum absolute atomic E-state index is 0.136. The molecule has 25 heavy (non-hydrogen) atoms. The molecule has 0 radical (unpaired) electrons. The summed E-state index contributed by atoms with van der Waals surface area (Å²) in [5, 5.41) is 11.4. The van der Waals surface area contributed by atoms with Crippen LogP contribution in [0.2, 0.25) is 0 Å². The maximum atomic E-state index is 12.3. The van der Waals surface area contributed by atoms with Crippen LogP contribution >= 0.6 is 0 Å². The van der Waals surface area contributed by atoms with Gasteiger partial charge in [-0.3, -0.25) is 14.4 Å². The molecular formula is C19H15NO5. The fraction of sp³-hybridized carbons (Fsp3) is 0.105. The van der Waals surface area contributed by atoms with E-state index in [1.165, 1.54) is 6.07 Å². The molecule has 2 N–H and O–H groups in total. The molecule has 3 aromatic rings. The Bertz CT molecular complexity index is 1020. The zero-order chi connectivity index (χ0) is 18.0. The second-order valence-electron chi connectivity index (χ2n) is 5.63. The third-order valence-electron chi connectivity index (χ3n) is 3.71. The van der Waals surface area contributed by atoms with Crippen molar-refractivity contribution in [2.45, 2.75) is 6.92 Å². The lowest BCUT2D eigenvalue weighted by molar-refractivity contribution is -0.135. The number of amides is 1. The van der Waals surface area contributed by atoms with E-state index in [0.717, 1.165) is 5.56 Å². The second kappa shape index (κ2) is 6.60. The number of hydrogen-bond donors (Lipinski definition) is 2. The molecule has 0 spiro atoms. The van der Waals surface area contributed by atoms with Crippen molar-refractivity contribution >= 4 is 22.8 Å². The maximum Gasteiger partial charge on any atom is 0.322 e. The fourth-order valence-corrected chi connectivity index (χ4v) is 2.46. The largest absolute Gasteiger partial charge is 0.480 e. The first-order valence-corrected chi connectivity index (χ1v) is 7.59. The normalized spacial score (nSPS) is 10.6. The maximum absolute atomic E-state index is 12.3. The van der Waals surface area contributed by atoms with Crippen LogP contribution < -0.4 is 10.7 Å². The summed E-state index contributed by atoms with van der Waals surface area (Å²) in [4.78, 5) is 34.6. The SMILES string of the molecule is Cc1ccc2oc(-c3ccc(C(=O)NCC(=O)O)cc3)cc(=O)c2c1. The van der Waals surface area contributed by atoms with Crippen molar-refractivity contribution < 1.29 is 19.1 Å². The van der Waals surface area contributed by atoms with Gasteiger partial charge < -0.3 is 14.8 Å². The van der Waals surface area contributed by atoms with Crippen molar-refractivity contribution in [3.8, 4) is 11.3 Å². The van der Waals surface area contributed by atoms with Gasteiger partial charge in [-0.2, -0.15) is 0 Å². The van der Waals surface area contributed by atoms with E-state index in [0.29, 0.717) is 27.9 Å². The van der Waals surface area contributed by atoms with Crippen LogP contribution in [0.15, 0.2) is 57.7 Å². The number of carbonyl (C=O) groups is 2. The van der Waals surface area contributed by atoms with E-state index in [1.807, 2.05) is 13.0 Å². The predicted molar refractivity (Wildman–Crippen MR) is 92.6 cm³/mol. The molecule has 126 valence electrons. The lowest BCUT2D eigenvalue weighted by atomic mass is 10.1. The summed E-state index contributed by atoms with van der Waals surface area (Å²) in [6.45, 7) is 1.46. The number of nitrogens with one attached hydrogen (secondary N) is 1. The molecule has 6 heteroatoms. The molecule has 0 unspecified atom stereocenters. The second-order valence-corrected chi connectivity index (χ2v) is 5.63. The highest BCUT2D eigenvalue weighted by molar-refractivity contribution is 5.96. The fourth-order valence-electron chi connectivity index (χ4n) is 2.46. The van der Waals surface area contributed by atoms with Crippen LogP contribution in [0.3, 0.4) is 0 Å². The van der Waals surface area contributed by atoms with Crippen LogP contribution in [0.25, 0.3) is 22.3 Å². The van der Waals surface area contributed by atoms with Crippen LogP contribution in [0, 0.1) is 6.92 Å². The highest BCUT2D eigenvalue weighted by Gasteiger charge is 2.10. The summed E-state index contributed by atoms with van der Waals surface area (Å²) in [6, 6.07) is 13.2. The van der Waals surface area contributed by atoms with E-state index in [-0.39, 0.29) is 5.43 Å². The number of carboxylic acid groups (broad SMARTS) is 1. The van der Waals surface area contributed by atoms with Crippen molar-refractivity contribution in [3.63, 3.8) is 0 Å². The lowest BCUT2D eigenvalue weighted by Crippen LogP contribution is -2.29. The van der Waals surface area contributed by atoms with E-state index in [4.69, 9.17) is 9.52 Å². The van der Waals surface area contributed by atoms with Gasteiger partial charge in [0.05, 0.1) is 5.39 Å². The molecule has 3 rings (SSSR count). The number of hydrogen-bond acceptors (Lipinski definition) is 4. The predicted octanol–water partition coefficient (Wildman–Crippen LogP) is 2.58. The number of benzene rings is 2. The van der Waals surface area contributed by atoms with E-state index in [1.54, 1.807) is 36.4 Å². The first-order valence-electron chi connectivity index (χ1n) is 7.59. The van der Waals surface area contributed by atoms with Gasteiger partial charge in [-0.1, -0.05) is 23.8 Å². The Morgan fingerprint density at radius 1 is 1.08 bits per heavy atom. The number of aliphatic carboxylic acids is 1. The Labute approximate surface area is 142 Å². The van der Waals surface area contributed by atoms with Crippen LogP contribution in [-0.4, -0.2) is 23.5 Å². The molecule has 0 aliphatic carbocycles. The molecule has 0 fully saturated rings. The molecule has 1 aromatic heterocycles. The van der Waals surface area contributed by atoms with Crippen molar-refractivity contribution in [3.05, 3.63) is 69.9 Å². The number of carboxylic acids is 1. The van der Waals surface area contributed by atoms with Gasteiger partial charge in [0.25, 0.3) is 5.91 Å². The summed E-state index contributed by atoms with van der Waals surface area (Å²) in [7, 11) is 0. The molecule has 0 atom stereocenters. The zero-order valence-electron chi connectivity index (χ0n) is 13.4. The zero-order valence-corrected chi connectivity index (χ0v) is 13.4. The summed E-state index contributed by atoms with van der Waals surface area (Å²) < 4.78 is 5.78. The van der Waals surface area contributed by atoms with Gasteiger partial charge in [-0.15, -0.1) is 0 Å². The average Bonchev–Trinajstić information content (AvgIpc) is 2.60. The Kier molecular flexibility index (Phi) is 4.35. The van der Waals surface area contributed by atoms with E-state index < -0.39 is 18.4 Å². The Balaban J connectivity index is 1.91. The third kappa shape index (κ3) is 3.58. The van der Waals surface area contributed by atoms with Gasteiger partial charge >= 0.3 is 5.97 Å². The molecule has 0 bridgehead atoms. The lowest BCUT2D eigenvalue weighted by Gasteiger charge is -2.06.